The van der Waals surface area contributed by atoms with Gasteiger partial charge in [-0.1, -0.05) is 11.2 Å². The lowest BCUT2D eigenvalue weighted by Gasteiger charge is -2.19. The molecule has 3 aromatic heterocycles. The summed E-state index contributed by atoms with van der Waals surface area (Å²) < 4.78 is 15.5. The Labute approximate surface area is 149 Å². The van der Waals surface area contributed by atoms with E-state index in [2.05, 4.69) is 29.7 Å². The minimum atomic E-state index is -0.519. The van der Waals surface area contributed by atoms with Gasteiger partial charge in [0, 0.05) is 6.20 Å². The van der Waals surface area contributed by atoms with E-state index in [0.717, 1.165) is 19.4 Å². The summed E-state index contributed by atoms with van der Waals surface area (Å²) in [6.07, 6.45) is 4.89. The maximum Gasteiger partial charge on any atom is 0.360 e. The Kier molecular flexibility index (Phi) is 4.44. The molecule has 0 bridgehead atoms. The third kappa shape index (κ3) is 3.21. The van der Waals surface area contributed by atoms with Gasteiger partial charge >= 0.3 is 5.97 Å². The number of rotatable bonds is 5. The number of nitrogens with zero attached hydrogens (tertiary/aromatic N) is 5. The highest BCUT2D eigenvalue weighted by Gasteiger charge is 2.32. The number of pyridine rings is 1. The number of hydrogen-bond donors (Lipinski definition) is 0. The highest BCUT2D eigenvalue weighted by atomic mass is 16.5. The first-order valence-electron chi connectivity index (χ1n) is 8.26. The van der Waals surface area contributed by atoms with Crippen molar-refractivity contribution < 1.29 is 18.5 Å². The summed E-state index contributed by atoms with van der Waals surface area (Å²) in [5, 5.41) is 4.04. The molecule has 26 heavy (non-hydrogen) atoms. The van der Waals surface area contributed by atoms with Gasteiger partial charge in [-0.05, 0) is 31.5 Å². The molecule has 4 heterocycles. The molecule has 0 N–H and O–H groups in total. The van der Waals surface area contributed by atoms with Crippen molar-refractivity contribution in [3.05, 3.63) is 48.1 Å². The van der Waals surface area contributed by atoms with Crippen molar-refractivity contribution in [2.45, 2.75) is 25.4 Å². The van der Waals surface area contributed by atoms with E-state index in [1.54, 1.807) is 6.20 Å². The van der Waals surface area contributed by atoms with E-state index in [-0.39, 0.29) is 11.7 Å². The maximum absolute atomic E-state index is 11.5. The van der Waals surface area contributed by atoms with Gasteiger partial charge in [-0.25, -0.2) is 9.78 Å². The average Bonchev–Trinajstić information content (AvgIpc) is 3.42. The molecule has 0 aromatic carbocycles. The molecule has 4 rings (SSSR count). The van der Waals surface area contributed by atoms with E-state index < -0.39 is 5.97 Å². The molecule has 0 spiro atoms. The van der Waals surface area contributed by atoms with E-state index in [9.17, 15) is 4.79 Å². The van der Waals surface area contributed by atoms with Crippen LogP contribution in [0.15, 0.2) is 39.6 Å². The Morgan fingerprint density at radius 3 is 3.12 bits per heavy atom. The van der Waals surface area contributed by atoms with Gasteiger partial charge in [-0.2, -0.15) is 4.98 Å². The third-order valence-electron chi connectivity index (χ3n) is 4.27. The lowest BCUT2D eigenvalue weighted by Crippen LogP contribution is -2.23. The summed E-state index contributed by atoms with van der Waals surface area (Å²) in [4.78, 5) is 26.5. The van der Waals surface area contributed by atoms with E-state index in [0.29, 0.717) is 29.8 Å². The summed E-state index contributed by atoms with van der Waals surface area (Å²) >= 11 is 0. The van der Waals surface area contributed by atoms with Crippen LogP contribution in [0.5, 0.6) is 0 Å². The largest absolute Gasteiger partial charge is 0.464 e. The average molecular weight is 355 g/mol. The molecule has 0 aliphatic carbocycles. The van der Waals surface area contributed by atoms with Crippen LogP contribution in [-0.2, 0) is 11.3 Å². The molecule has 3 aromatic rings. The second-order valence-corrected chi connectivity index (χ2v) is 5.92. The molecule has 1 fully saturated rings. The molecular formula is C17H17N5O4. The summed E-state index contributed by atoms with van der Waals surface area (Å²) in [5.74, 6) is 0.941. The van der Waals surface area contributed by atoms with Crippen LogP contribution in [0.4, 0.5) is 0 Å². The number of aromatic nitrogens is 4. The van der Waals surface area contributed by atoms with Crippen LogP contribution in [0.3, 0.4) is 0 Å². The van der Waals surface area contributed by atoms with Crippen molar-refractivity contribution in [2.24, 2.45) is 0 Å². The molecule has 0 unspecified atom stereocenters. The molecule has 1 saturated heterocycles. The zero-order valence-corrected chi connectivity index (χ0v) is 14.2. The highest BCUT2D eigenvalue weighted by Crippen LogP contribution is 2.32. The van der Waals surface area contributed by atoms with Crippen LogP contribution in [0.2, 0.25) is 0 Å². The summed E-state index contributed by atoms with van der Waals surface area (Å²) in [6, 6.07) is 5.53. The quantitative estimate of drug-likeness (QED) is 0.637. The fraction of sp³-hybridized carbons (Fsp3) is 0.353. The van der Waals surface area contributed by atoms with Crippen LogP contribution in [0, 0.1) is 0 Å². The fourth-order valence-corrected chi connectivity index (χ4v) is 3.02. The van der Waals surface area contributed by atoms with Gasteiger partial charge in [0.2, 0.25) is 17.6 Å². The second kappa shape index (κ2) is 7.04. The van der Waals surface area contributed by atoms with Gasteiger partial charge in [0.25, 0.3) is 0 Å². The summed E-state index contributed by atoms with van der Waals surface area (Å²) in [6.45, 7) is 1.30. The van der Waals surface area contributed by atoms with Crippen LogP contribution in [0.1, 0.15) is 41.2 Å². The number of carbonyl (C=O) groups is 1. The highest BCUT2D eigenvalue weighted by molar-refractivity contribution is 5.86. The van der Waals surface area contributed by atoms with Gasteiger partial charge in [0.15, 0.2) is 5.69 Å². The van der Waals surface area contributed by atoms with Crippen molar-refractivity contribution in [3.8, 4) is 11.5 Å². The second-order valence-electron chi connectivity index (χ2n) is 5.92. The SMILES string of the molecule is COC(=O)c1coc(CN2CCC[C@@H]2c2nc(-c3ccccn3)no2)n1. The lowest BCUT2D eigenvalue weighted by molar-refractivity contribution is 0.0594. The van der Waals surface area contributed by atoms with E-state index in [4.69, 9.17) is 8.94 Å². The molecule has 1 aliphatic rings. The van der Waals surface area contributed by atoms with E-state index >= 15 is 0 Å². The van der Waals surface area contributed by atoms with Crippen molar-refractivity contribution in [3.63, 3.8) is 0 Å². The molecule has 9 heteroatoms. The van der Waals surface area contributed by atoms with Crippen LogP contribution in [0.25, 0.3) is 11.5 Å². The molecule has 0 saturated carbocycles. The van der Waals surface area contributed by atoms with E-state index in [1.807, 2.05) is 18.2 Å². The van der Waals surface area contributed by atoms with Gasteiger partial charge in [0.05, 0.1) is 19.7 Å². The number of likely N-dealkylation sites (tertiary alicyclic amines) is 1. The normalized spacial score (nSPS) is 17.5. The van der Waals surface area contributed by atoms with Crippen molar-refractivity contribution in [1.82, 2.24) is 25.0 Å². The van der Waals surface area contributed by atoms with Crippen molar-refractivity contribution >= 4 is 5.97 Å². The van der Waals surface area contributed by atoms with Gasteiger partial charge in [0.1, 0.15) is 12.0 Å². The first-order valence-corrected chi connectivity index (χ1v) is 8.26. The molecule has 134 valence electrons. The van der Waals surface area contributed by atoms with E-state index in [1.165, 1.54) is 13.4 Å². The lowest BCUT2D eigenvalue weighted by atomic mass is 10.2. The first-order chi connectivity index (χ1) is 12.7. The Bertz CT molecular complexity index is 891. The number of hydrogen-bond acceptors (Lipinski definition) is 9. The Hall–Kier alpha value is -3.07. The molecule has 1 atom stereocenters. The third-order valence-corrected chi connectivity index (χ3v) is 4.27. The number of ether oxygens (including phenoxy) is 1. The van der Waals surface area contributed by atoms with Crippen molar-refractivity contribution in [1.29, 1.82) is 0 Å². The topological polar surface area (TPSA) is 107 Å². The first kappa shape index (κ1) is 16.4. The van der Waals surface area contributed by atoms with Crippen molar-refractivity contribution in [2.75, 3.05) is 13.7 Å². The maximum atomic E-state index is 11.5. The monoisotopic (exact) mass is 355 g/mol. The number of methoxy groups -OCH3 is 1. The minimum absolute atomic E-state index is 0.0200. The fourth-order valence-electron chi connectivity index (χ4n) is 3.02. The zero-order chi connectivity index (χ0) is 17.9. The number of oxazole rings is 1. The molecule has 9 nitrogen and oxygen atoms in total. The predicted octanol–water partition coefficient (Wildman–Crippen LogP) is 2.24. The number of esters is 1. The Morgan fingerprint density at radius 2 is 2.31 bits per heavy atom. The van der Waals surface area contributed by atoms with Gasteiger partial charge in [-0.15, -0.1) is 0 Å². The molecule has 1 aliphatic heterocycles. The Balaban J connectivity index is 1.49. The van der Waals surface area contributed by atoms with Crippen LogP contribution in [-0.4, -0.2) is 44.6 Å². The molecule has 0 radical (unpaired) electrons. The summed E-state index contributed by atoms with van der Waals surface area (Å²) in [7, 11) is 1.31. The minimum Gasteiger partial charge on any atom is -0.464 e. The molecule has 0 amide bonds. The van der Waals surface area contributed by atoms with Gasteiger partial charge < -0.3 is 13.7 Å². The van der Waals surface area contributed by atoms with Crippen LogP contribution < -0.4 is 0 Å². The standard InChI is InChI=1S/C17H17N5O4/c1-24-17(23)12-10-25-14(19-12)9-22-8-4-6-13(22)16-20-15(21-26-16)11-5-2-3-7-18-11/h2-3,5,7,10,13H,4,6,8-9H2,1H3/t13-/m1/s1. The van der Waals surface area contributed by atoms with Gasteiger partial charge in [-0.3, -0.25) is 9.88 Å². The smallest absolute Gasteiger partial charge is 0.360 e. The Morgan fingerprint density at radius 1 is 1.38 bits per heavy atom. The molecular weight excluding hydrogens is 338 g/mol. The predicted molar refractivity (Wildman–Crippen MR) is 87.8 cm³/mol. The van der Waals surface area contributed by atoms with Crippen LogP contribution >= 0.6 is 0 Å². The number of carbonyl (C=O) groups excluding carboxylic acids is 1. The summed E-state index contributed by atoms with van der Waals surface area (Å²) in [5.41, 5.74) is 0.830. The zero-order valence-electron chi connectivity index (χ0n) is 14.2.